The van der Waals surface area contributed by atoms with E-state index < -0.39 is 21.2 Å². The largest absolute Gasteiger partial charge is 0.387 e. The van der Waals surface area contributed by atoms with Gasteiger partial charge in [0.05, 0.1) is 4.90 Å². The van der Waals surface area contributed by atoms with Crippen LogP contribution in [0.2, 0.25) is 0 Å². The van der Waals surface area contributed by atoms with Crippen molar-refractivity contribution in [3.8, 4) is 0 Å². The van der Waals surface area contributed by atoms with Gasteiger partial charge < -0.3 is 5.11 Å². The first-order valence-corrected chi connectivity index (χ1v) is 7.89. The molecule has 0 fully saturated rings. The molecule has 0 amide bonds. The number of sulfone groups is 1. The van der Waals surface area contributed by atoms with Gasteiger partial charge in [-0.2, -0.15) is 0 Å². The summed E-state index contributed by atoms with van der Waals surface area (Å²) in [6.07, 6.45) is 2.28. The fourth-order valence-electron chi connectivity index (χ4n) is 2.45. The van der Waals surface area contributed by atoms with Crippen LogP contribution in [0.25, 0.3) is 6.08 Å². The lowest BCUT2D eigenvalue weighted by Crippen LogP contribution is -2.29. The molecule has 4 heteroatoms. The van der Waals surface area contributed by atoms with Gasteiger partial charge in [-0.25, -0.2) is 8.42 Å². The van der Waals surface area contributed by atoms with Crippen LogP contribution in [-0.4, -0.2) is 18.8 Å². The van der Waals surface area contributed by atoms with E-state index in [0.29, 0.717) is 5.56 Å². The van der Waals surface area contributed by atoms with E-state index >= 15 is 0 Å². The molecule has 0 radical (unpaired) electrons. The Hall–Kier alpha value is -1.91. The highest BCUT2D eigenvalue weighted by Gasteiger charge is 2.35. The molecular formula is C16H14O3S. The fourth-order valence-corrected chi connectivity index (χ4v) is 4.08. The van der Waals surface area contributed by atoms with E-state index in [0.717, 1.165) is 5.56 Å². The molecule has 3 rings (SSSR count). The van der Waals surface area contributed by atoms with Crippen LogP contribution in [0.4, 0.5) is 0 Å². The van der Waals surface area contributed by atoms with Crippen molar-refractivity contribution < 1.29 is 13.5 Å². The van der Waals surface area contributed by atoms with E-state index in [-0.39, 0.29) is 4.90 Å². The lowest BCUT2D eigenvalue weighted by molar-refractivity contribution is 0.182. The van der Waals surface area contributed by atoms with Crippen molar-refractivity contribution in [1.82, 2.24) is 0 Å². The van der Waals surface area contributed by atoms with E-state index in [4.69, 9.17) is 0 Å². The number of hydrogen-bond donors (Lipinski definition) is 1. The van der Waals surface area contributed by atoms with Gasteiger partial charge in [0.25, 0.3) is 0 Å². The number of fused-ring (bicyclic) bond motifs is 1. The van der Waals surface area contributed by atoms with Crippen LogP contribution in [0, 0.1) is 0 Å². The zero-order chi connectivity index (χ0) is 14.2. The molecule has 0 heterocycles. The summed E-state index contributed by atoms with van der Waals surface area (Å²) in [5.74, 6) is 0. The fraction of sp³-hybridized carbons (Fsp3) is 0.125. The Morgan fingerprint density at radius 2 is 1.55 bits per heavy atom. The van der Waals surface area contributed by atoms with Crippen LogP contribution in [-0.2, 0) is 9.84 Å². The summed E-state index contributed by atoms with van der Waals surface area (Å²) >= 11 is 0. The Morgan fingerprint density at radius 3 is 2.30 bits per heavy atom. The minimum atomic E-state index is -3.59. The van der Waals surface area contributed by atoms with E-state index in [1.165, 1.54) is 0 Å². The number of aliphatic hydroxyl groups excluding tert-OH is 1. The first-order valence-electron chi connectivity index (χ1n) is 6.35. The summed E-state index contributed by atoms with van der Waals surface area (Å²) in [5, 5.41) is 9.44. The van der Waals surface area contributed by atoms with Crippen LogP contribution in [0.5, 0.6) is 0 Å². The van der Waals surface area contributed by atoms with Crippen molar-refractivity contribution in [2.75, 3.05) is 0 Å². The standard InChI is InChI=1S/C16H14O3S/c17-16-14-9-5-4-6-12(14)10-11-15(16)20(18,19)13-7-2-1-3-8-13/h1-11,15-17H/t15-,16+/m0/s1. The summed E-state index contributed by atoms with van der Waals surface area (Å²) in [6.45, 7) is 0. The molecule has 1 aliphatic rings. The highest BCUT2D eigenvalue weighted by atomic mass is 32.2. The molecule has 0 aliphatic heterocycles. The molecule has 20 heavy (non-hydrogen) atoms. The number of benzene rings is 2. The predicted octanol–water partition coefficient (Wildman–Crippen LogP) is 2.59. The summed E-state index contributed by atoms with van der Waals surface area (Å²) < 4.78 is 25.2. The van der Waals surface area contributed by atoms with E-state index in [2.05, 4.69) is 0 Å². The van der Waals surface area contributed by atoms with E-state index in [1.807, 2.05) is 12.1 Å². The first-order chi connectivity index (χ1) is 9.60. The maximum Gasteiger partial charge on any atom is 0.187 e. The zero-order valence-corrected chi connectivity index (χ0v) is 11.5. The average molecular weight is 286 g/mol. The van der Waals surface area contributed by atoms with Crippen molar-refractivity contribution in [2.45, 2.75) is 16.2 Å². The average Bonchev–Trinajstić information content (AvgIpc) is 2.48. The highest BCUT2D eigenvalue weighted by molar-refractivity contribution is 7.92. The zero-order valence-electron chi connectivity index (χ0n) is 10.7. The highest BCUT2D eigenvalue weighted by Crippen LogP contribution is 2.34. The summed E-state index contributed by atoms with van der Waals surface area (Å²) in [6, 6.07) is 15.5. The van der Waals surface area contributed by atoms with Crippen LogP contribution < -0.4 is 0 Å². The third-order valence-electron chi connectivity index (χ3n) is 3.52. The molecule has 0 unspecified atom stereocenters. The lowest BCUT2D eigenvalue weighted by atomic mass is 9.95. The van der Waals surface area contributed by atoms with Gasteiger partial charge in [0.1, 0.15) is 11.4 Å². The van der Waals surface area contributed by atoms with Gasteiger partial charge in [0.2, 0.25) is 0 Å². The van der Waals surface area contributed by atoms with Crippen LogP contribution in [0.15, 0.2) is 65.6 Å². The normalized spacial score (nSPS) is 21.4. The van der Waals surface area contributed by atoms with E-state index in [1.54, 1.807) is 54.6 Å². The molecule has 1 aliphatic carbocycles. The number of rotatable bonds is 2. The molecule has 102 valence electrons. The summed E-state index contributed by atoms with van der Waals surface area (Å²) in [5.41, 5.74) is 1.51. The molecule has 3 nitrogen and oxygen atoms in total. The molecule has 2 aromatic carbocycles. The maximum atomic E-state index is 12.6. The summed E-state index contributed by atoms with van der Waals surface area (Å²) in [7, 11) is -3.59. The second-order valence-electron chi connectivity index (χ2n) is 4.76. The molecule has 0 saturated heterocycles. The molecular weight excluding hydrogens is 272 g/mol. The maximum absolute atomic E-state index is 12.6. The second-order valence-corrected chi connectivity index (χ2v) is 6.86. The molecule has 2 atom stereocenters. The number of aliphatic hydroxyl groups is 1. The second kappa shape index (κ2) is 4.89. The molecule has 0 bridgehead atoms. The Labute approximate surface area is 118 Å². The Morgan fingerprint density at radius 1 is 0.900 bits per heavy atom. The van der Waals surface area contributed by atoms with Gasteiger partial charge >= 0.3 is 0 Å². The lowest BCUT2D eigenvalue weighted by Gasteiger charge is -2.25. The number of hydrogen-bond acceptors (Lipinski definition) is 3. The summed E-state index contributed by atoms with van der Waals surface area (Å²) in [4.78, 5) is 0.230. The Kier molecular flexibility index (Phi) is 3.20. The Bertz CT molecular complexity index is 748. The monoisotopic (exact) mass is 286 g/mol. The van der Waals surface area contributed by atoms with E-state index in [9.17, 15) is 13.5 Å². The van der Waals surface area contributed by atoms with Crippen molar-refractivity contribution in [3.63, 3.8) is 0 Å². The topological polar surface area (TPSA) is 54.4 Å². The molecule has 0 aromatic heterocycles. The molecule has 0 spiro atoms. The van der Waals surface area contributed by atoms with Crippen molar-refractivity contribution >= 4 is 15.9 Å². The van der Waals surface area contributed by atoms with Gasteiger partial charge in [-0.3, -0.25) is 0 Å². The van der Waals surface area contributed by atoms with Gasteiger partial charge in [-0.15, -0.1) is 0 Å². The molecule has 1 N–H and O–H groups in total. The Balaban J connectivity index is 2.06. The third kappa shape index (κ3) is 2.07. The van der Waals surface area contributed by atoms with Crippen LogP contribution >= 0.6 is 0 Å². The van der Waals surface area contributed by atoms with Crippen molar-refractivity contribution in [2.24, 2.45) is 0 Å². The van der Waals surface area contributed by atoms with Gasteiger partial charge in [-0.1, -0.05) is 54.6 Å². The van der Waals surface area contributed by atoms with Crippen molar-refractivity contribution in [3.05, 3.63) is 71.8 Å². The van der Waals surface area contributed by atoms with Crippen LogP contribution in [0.1, 0.15) is 17.2 Å². The van der Waals surface area contributed by atoms with Gasteiger partial charge in [0, 0.05) is 0 Å². The third-order valence-corrected chi connectivity index (χ3v) is 5.58. The van der Waals surface area contributed by atoms with Gasteiger partial charge in [0.15, 0.2) is 9.84 Å². The SMILES string of the molecule is O=S(=O)(c1ccccc1)[C@H]1C=Cc2ccccc2[C@H]1O. The quantitative estimate of drug-likeness (QED) is 0.923. The minimum Gasteiger partial charge on any atom is -0.387 e. The predicted molar refractivity (Wildman–Crippen MR) is 77.9 cm³/mol. The minimum absolute atomic E-state index is 0.230. The van der Waals surface area contributed by atoms with Gasteiger partial charge in [-0.05, 0) is 23.3 Å². The van der Waals surface area contributed by atoms with Crippen molar-refractivity contribution in [1.29, 1.82) is 0 Å². The molecule has 0 saturated carbocycles. The molecule has 2 aromatic rings. The van der Waals surface area contributed by atoms with Crippen LogP contribution in [0.3, 0.4) is 0 Å². The smallest absolute Gasteiger partial charge is 0.187 e. The first kappa shape index (κ1) is 13.1.